The Morgan fingerprint density at radius 1 is 0.933 bits per heavy atom. The van der Waals surface area contributed by atoms with E-state index in [0.29, 0.717) is 16.1 Å². The lowest BCUT2D eigenvalue weighted by Gasteiger charge is -2.23. The number of hydrogen-bond donors (Lipinski definition) is 1. The van der Waals surface area contributed by atoms with Crippen molar-refractivity contribution in [1.82, 2.24) is 9.97 Å². The van der Waals surface area contributed by atoms with Gasteiger partial charge in [-0.05, 0) is 66.8 Å². The van der Waals surface area contributed by atoms with Gasteiger partial charge in [0, 0.05) is 23.3 Å². The molecule has 3 aromatic rings. The first kappa shape index (κ1) is 21.6. The number of aromatic nitrogens is 2. The maximum atomic E-state index is 6.57. The van der Waals surface area contributed by atoms with Crippen LogP contribution in [0.1, 0.15) is 60.8 Å². The van der Waals surface area contributed by atoms with Crippen LogP contribution in [-0.4, -0.2) is 9.97 Å². The molecule has 4 rings (SSSR count). The first-order valence-electron chi connectivity index (χ1n) is 10.4. The van der Waals surface area contributed by atoms with Gasteiger partial charge in [-0.25, -0.2) is 9.97 Å². The highest BCUT2D eigenvalue weighted by Crippen LogP contribution is 2.37. The molecule has 3 nitrogen and oxygen atoms in total. The molecule has 0 spiro atoms. The minimum absolute atomic E-state index is 0.100. The molecule has 0 saturated heterocycles. The van der Waals surface area contributed by atoms with Crippen LogP contribution in [0.2, 0.25) is 10.2 Å². The van der Waals surface area contributed by atoms with E-state index >= 15 is 0 Å². The molecule has 0 unspecified atom stereocenters. The molecular formula is C24H25Cl2N3S. The summed E-state index contributed by atoms with van der Waals surface area (Å²) in [5.74, 6) is 0.492. The fourth-order valence-corrected chi connectivity index (χ4v) is 5.35. The number of hydrogen-bond acceptors (Lipinski definition) is 4. The maximum Gasteiger partial charge on any atom is 0.148 e. The van der Waals surface area contributed by atoms with Crippen LogP contribution in [0.5, 0.6) is 0 Å². The van der Waals surface area contributed by atoms with E-state index in [9.17, 15) is 0 Å². The summed E-state index contributed by atoms with van der Waals surface area (Å²) in [5, 5.41) is 1.68. The van der Waals surface area contributed by atoms with Crippen molar-refractivity contribution in [2.75, 3.05) is 0 Å². The van der Waals surface area contributed by atoms with Crippen LogP contribution in [0.15, 0.2) is 64.8 Å². The highest BCUT2D eigenvalue weighted by Gasteiger charge is 2.18. The summed E-state index contributed by atoms with van der Waals surface area (Å²) in [5.41, 5.74) is 10.6. The van der Waals surface area contributed by atoms with Gasteiger partial charge in [0.15, 0.2) is 0 Å². The number of nitrogens with two attached hydrogens (primary N) is 1. The van der Waals surface area contributed by atoms with Crippen LogP contribution in [0.25, 0.3) is 0 Å². The molecule has 0 radical (unpaired) electrons. The van der Waals surface area contributed by atoms with Gasteiger partial charge in [0.25, 0.3) is 0 Å². The summed E-state index contributed by atoms with van der Waals surface area (Å²) in [6.45, 7) is 0. The van der Waals surface area contributed by atoms with E-state index in [1.807, 2.05) is 12.3 Å². The van der Waals surface area contributed by atoms with Crippen LogP contribution < -0.4 is 5.73 Å². The zero-order valence-electron chi connectivity index (χ0n) is 16.7. The van der Waals surface area contributed by atoms with Gasteiger partial charge in [0.2, 0.25) is 0 Å². The van der Waals surface area contributed by atoms with Crippen molar-refractivity contribution in [1.29, 1.82) is 0 Å². The molecule has 0 aliphatic heterocycles. The molecule has 156 valence electrons. The number of nitrogens with zero attached hydrogens (tertiary/aromatic N) is 2. The maximum absolute atomic E-state index is 6.57. The van der Waals surface area contributed by atoms with Crippen molar-refractivity contribution < 1.29 is 0 Å². The Morgan fingerprint density at radius 2 is 1.80 bits per heavy atom. The normalized spacial score (nSPS) is 19.8. The lowest BCUT2D eigenvalue weighted by Crippen LogP contribution is -2.15. The molecule has 1 aliphatic carbocycles. The predicted molar refractivity (Wildman–Crippen MR) is 126 cm³/mol. The summed E-state index contributed by atoms with van der Waals surface area (Å²) < 4.78 is 0. The second-order valence-corrected chi connectivity index (χ2v) is 9.57. The Balaban J connectivity index is 1.46. The molecular weight excluding hydrogens is 433 g/mol. The molecule has 2 heterocycles. The summed E-state index contributed by atoms with van der Waals surface area (Å²) in [7, 11) is 0. The zero-order chi connectivity index (χ0) is 20.9. The molecule has 0 bridgehead atoms. The van der Waals surface area contributed by atoms with E-state index in [1.165, 1.54) is 47.7 Å². The quantitative estimate of drug-likeness (QED) is 0.421. The van der Waals surface area contributed by atoms with Crippen molar-refractivity contribution in [2.45, 2.75) is 60.4 Å². The van der Waals surface area contributed by atoms with Crippen molar-refractivity contribution in [2.24, 2.45) is 5.73 Å². The van der Waals surface area contributed by atoms with Crippen molar-refractivity contribution in [3.05, 3.63) is 81.7 Å². The minimum atomic E-state index is 0.100. The van der Waals surface area contributed by atoms with Crippen LogP contribution in [-0.2, 0) is 6.42 Å². The first-order chi connectivity index (χ1) is 14.6. The largest absolute Gasteiger partial charge is 0.324 e. The number of fused-ring (bicyclic) bond motifs is 1. The number of aryl methyl sites for hydroxylation is 1. The van der Waals surface area contributed by atoms with Crippen molar-refractivity contribution in [3.63, 3.8) is 0 Å². The molecule has 30 heavy (non-hydrogen) atoms. The third-order valence-corrected chi connectivity index (χ3v) is 7.67. The average Bonchev–Trinajstić information content (AvgIpc) is 2.77. The SMILES string of the molecule is N[C@@H]1CC[C@H](c2ccc(Sc3ccnc(Cl)c3Cl)nc2)CCCCc2ccccc21. The monoisotopic (exact) mass is 457 g/mol. The Hall–Kier alpha value is -1.59. The Kier molecular flexibility index (Phi) is 7.32. The number of rotatable bonds is 3. The highest BCUT2D eigenvalue weighted by molar-refractivity contribution is 7.99. The van der Waals surface area contributed by atoms with Gasteiger partial charge in [-0.1, -0.05) is 71.7 Å². The topological polar surface area (TPSA) is 51.8 Å². The van der Waals surface area contributed by atoms with E-state index in [2.05, 4.69) is 46.4 Å². The summed E-state index contributed by atoms with van der Waals surface area (Å²) in [6.07, 6.45) is 10.4. The van der Waals surface area contributed by atoms with Crippen LogP contribution in [0.3, 0.4) is 0 Å². The number of halogens is 2. The number of benzene rings is 1. The summed E-state index contributed by atoms with van der Waals surface area (Å²) >= 11 is 13.8. The smallest absolute Gasteiger partial charge is 0.148 e. The summed E-state index contributed by atoms with van der Waals surface area (Å²) in [4.78, 5) is 9.54. The molecule has 2 N–H and O–H groups in total. The Morgan fingerprint density at radius 3 is 2.63 bits per heavy atom. The fourth-order valence-electron chi connectivity index (χ4n) is 4.13. The van der Waals surface area contributed by atoms with Gasteiger partial charge in [-0.15, -0.1) is 0 Å². The average molecular weight is 458 g/mol. The van der Waals surface area contributed by atoms with Crippen LogP contribution >= 0.6 is 35.0 Å². The van der Waals surface area contributed by atoms with E-state index in [1.54, 1.807) is 6.20 Å². The van der Waals surface area contributed by atoms with E-state index in [-0.39, 0.29) is 6.04 Å². The minimum Gasteiger partial charge on any atom is -0.324 e. The second-order valence-electron chi connectivity index (χ2n) is 7.77. The van der Waals surface area contributed by atoms with Gasteiger partial charge in [0.05, 0.1) is 5.02 Å². The van der Waals surface area contributed by atoms with Gasteiger partial charge in [-0.2, -0.15) is 0 Å². The third-order valence-electron chi connectivity index (χ3n) is 5.79. The van der Waals surface area contributed by atoms with E-state index in [4.69, 9.17) is 28.9 Å². The zero-order valence-corrected chi connectivity index (χ0v) is 19.1. The molecule has 6 heteroatoms. The lowest BCUT2D eigenvalue weighted by molar-refractivity contribution is 0.478. The van der Waals surface area contributed by atoms with E-state index < -0.39 is 0 Å². The van der Waals surface area contributed by atoms with Crippen molar-refractivity contribution in [3.8, 4) is 0 Å². The number of pyridine rings is 2. The molecule has 2 aromatic heterocycles. The first-order valence-corrected chi connectivity index (χ1v) is 12.0. The van der Waals surface area contributed by atoms with Crippen LogP contribution in [0.4, 0.5) is 0 Å². The standard InChI is InChI=1S/C24H25Cl2N3S/c25-23-21(13-14-28-24(23)26)30-22-12-10-18(15-29-22)16-5-1-2-6-17-7-3-4-8-19(17)20(27)11-9-16/h3-4,7-8,10,12-16,20H,1-2,5-6,9,11,27H2/t16-,20-/m1/s1. The Labute approximate surface area is 192 Å². The van der Waals surface area contributed by atoms with Gasteiger partial charge >= 0.3 is 0 Å². The Bertz CT molecular complexity index is 994. The predicted octanol–water partition coefficient (Wildman–Crippen LogP) is 7.22. The van der Waals surface area contributed by atoms with Gasteiger partial charge in [-0.3, -0.25) is 0 Å². The fraction of sp³-hybridized carbons (Fsp3) is 0.333. The van der Waals surface area contributed by atoms with Gasteiger partial charge in [0.1, 0.15) is 10.2 Å². The molecule has 0 amide bonds. The molecule has 2 atom stereocenters. The highest BCUT2D eigenvalue weighted by atomic mass is 35.5. The van der Waals surface area contributed by atoms with Gasteiger partial charge < -0.3 is 5.73 Å². The lowest BCUT2D eigenvalue weighted by atomic mass is 9.84. The van der Waals surface area contributed by atoms with E-state index in [0.717, 1.165) is 29.2 Å². The van der Waals surface area contributed by atoms with Crippen molar-refractivity contribution >= 4 is 35.0 Å². The van der Waals surface area contributed by atoms with Crippen LogP contribution in [0, 0.1) is 0 Å². The second kappa shape index (κ2) is 10.1. The molecule has 1 aromatic carbocycles. The molecule has 0 fully saturated rings. The third kappa shape index (κ3) is 5.17. The molecule has 0 saturated carbocycles. The summed E-state index contributed by atoms with van der Waals surface area (Å²) in [6, 6.07) is 14.9. The molecule has 1 aliphatic rings.